The quantitative estimate of drug-likeness (QED) is 0.597. The molecule has 0 atom stereocenters. The lowest BCUT2D eigenvalue weighted by atomic mass is 9.94. The fourth-order valence-corrected chi connectivity index (χ4v) is 1.44. The van der Waals surface area contributed by atoms with Gasteiger partial charge in [-0.1, -0.05) is 13.8 Å². The Morgan fingerprint density at radius 2 is 1.93 bits per heavy atom. The first-order valence-electron chi connectivity index (χ1n) is 5.65. The Hall–Kier alpha value is -0.610. The summed E-state index contributed by atoms with van der Waals surface area (Å²) >= 11 is 0. The monoisotopic (exact) mass is 217 g/mol. The molecule has 0 radical (unpaired) electrons. The van der Waals surface area contributed by atoms with Gasteiger partial charge in [-0.05, 0) is 19.8 Å². The fraction of sp³-hybridized carbons (Fsp3) is 0.909. The zero-order chi connectivity index (χ0) is 11.7. The van der Waals surface area contributed by atoms with E-state index < -0.39 is 0 Å². The van der Waals surface area contributed by atoms with E-state index in [4.69, 9.17) is 4.74 Å². The molecular weight excluding hydrogens is 194 g/mol. The SMILES string of the molecule is CCOC(=O)CCNC(CC)(CC)CO. The highest BCUT2D eigenvalue weighted by atomic mass is 16.5. The molecule has 4 heteroatoms. The van der Waals surface area contributed by atoms with Gasteiger partial charge in [-0.2, -0.15) is 0 Å². The average Bonchev–Trinajstić information content (AvgIpc) is 2.25. The van der Waals surface area contributed by atoms with Crippen LogP contribution in [0.2, 0.25) is 0 Å². The van der Waals surface area contributed by atoms with Gasteiger partial charge in [0.2, 0.25) is 0 Å². The summed E-state index contributed by atoms with van der Waals surface area (Å²) in [6, 6.07) is 0. The number of aliphatic hydroxyl groups is 1. The van der Waals surface area contributed by atoms with Crippen LogP contribution in [-0.2, 0) is 9.53 Å². The van der Waals surface area contributed by atoms with Crippen molar-refractivity contribution in [3.05, 3.63) is 0 Å². The molecule has 0 amide bonds. The first-order valence-corrected chi connectivity index (χ1v) is 5.65. The molecule has 0 saturated carbocycles. The van der Waals surface area contributed by atoms with Gasteiger partial charge in [-0.3, -0.25) is 4.79 Å². The van der Waals surface area contributed by atoms with E-state index in [1.54, 1.807) is 6.92 Å². The number of carbonyl (C=O) groups excluding carboxylic acids is 1. The smallest absolute Gasteiger partial charge is 0.307 e. The molecule has 0 spiro atoms. The molecule has 0 aliphatic heterocycles. The number of rotatable bonds is 8. The van der Waals surface area contributed by atoms with Crippen LogP contribution in [0.1, 0.15) is 40.0 Å². The van der Waals surface area contributed by atoms with E-state index in [0.29, 0.717) is 19.6 Å². The first-order chi connectivity index (χ1) is 7.14. The summed E-state index contributed by atoms with van der Waals surface area (Å²) in [6.07, 6.45) is 2.06. The lowest BCUT2D eigenvalue weighted by molar-refractivity contribution is -0.143. The molecule has 0 fully saturated rings. The third-order valence-corrected chi connectivity index (χ3v) is 2.79. The second kappa shape index (κ2) is 7.65. The second-order valence-corrected chi connectivity index (χ2v) is 3.63. The van der Waals surface area contributed by atoms with E-state index in [2.05, 4.69) is 5.32 Å². The minimum absolute atomic E-state index is 0.100. The predicted molar refractivity (Wildman–Crippen MR) is 59.7 cm³/mol. The zero-order valence-electron chi connectivity index (χ0n) is 10.0. The maximum atomic E-state index is 11.1. The van der Waals surface area contributed by atoms with Crippen molar-refractivity contribution in [2.24, 2.45) is 0 Å². The summed E-state index contributed by atoms with van der Waals surface area (Å²) < 4.78 is 4.82. The summed E-state index contributed by atoms with van der Waals surface area (Å²) in [5.41, 5.74) is -0.244. The van der Waals surface area contributed by atoms with Crippen LogP contribution < -0.4 is 5.32 Å². The third kappa shape index (κ3) is 5.14. The molecule has 0 aliphatic carbocycles. The van der Waals surface area contributed by atoms with E-state index in [1.807, 2.05) is 13.8 Å². The zero-order valence-corrected chi connectivity index (χ0v) is 10.0. The van der Waals surface area contributed by atoms with Crippen molar-refractivity contribution in [1.29, 1.82) is 0 Å². The molecule has 0 aliphatic rings. The highest BCUT2D eigenvalue weighted by molar-refractivity contribution is 5.69. The van der Waals surface area contributed by atoms with Crippen LogP contribution in [0.15, 0.2) is 0 Å². The van der Waals surface area contributed by atoms with Crippen LogP contribution in [0.3, 0.4) is 0 Å². The molecule has 0 unspecified atom stereocenters. The summed E-state index contributed by atoms with van der Waals surface area (Å²) in [4.78, 5) is 11.1. The summed E-state index contributed by atoms with van der Waals surface area (Å²) in [5, 5.41) is 12.5. The molecule has 0 aromatic rings. The molecule has 2 N–H and O–H groups in total. The maximum Gasteiger partial charge on any atom is 0.307 e. The van der Waals surface area contributed by atoms with Gasteiger partial charge in [0, 0.05) is 12.1 Å². The third-order valence-electron chi connectivity index (χ3n) is 2.79. The van der Waals surface area contributed by atoms with Gasteiger partial charge in [0.25, 0.3) is 0 Å². The number of carbonyl (C=O) groups is 1. The van der Waals surface area contributed by atoms with Crippen molar-refractivity contribution < 1.29 is 14.6 Å². The minimum atomic E-state index is -0.244. The summed E-state index contributed by atoms with van der Waals surface area (Å²) in [7, 11) is 0. The van der Waals surface area contributed by atoms with Crippen LogP contribution in [-0.4, -0.2) is 36.4 Å². The Morgan fingerprint density at radius 3 is 2.33 bits per heavy atom. The van der Waals surface area contributed by atoms with E-state index in [9.17, 15) is 9.90 Å². The predicted octanol–water partition coefficient (Wildman–Crippen LogP) is 1.08. The fourth-order valence-electron chi connectivity index (χ4n) is 1.44. The van der Waals surface area contributed by atoms with Crippen molar-refractivity contribution in [2.75, 3.05) is 19.8 Å². The number of esters is 1. The van der Waals surface area contributed by atoms with E-state index in [-0.39, 0.29) is 18.1 Å². The molecule has 0 bridgehead atoms. The normalized spacial score (nSPS) is 11.5. The van der Waals surface area contributed by atoms with E-state index >= 15 is 0 Å². The molecule has 90 valence electrons. The van der Waals surface area contributed by atoms with Crippen LogP contribution in [0, 0.1) is 0 Å². The van der Waals surface area contributed by atoms with Crippen molar-refractivity contribution in [3.63, 3.8) is 0 Å². The van der Waals surface area contributed by atoms with E-state index in [1.165, 1.54) is 0 Å². The van der Waals surface area contributed by atoms with Gasteiger partial charge >= 0.3 is 5.97 Å². The number of hydrogen-bond donors (Lipinski definition) is 2. The van der Waals surface area contributed by atoms with Gasteiger partial charge in [-0.25, -0.2) is 0 Å². The first kappa shape index (κ1) is 14.4. The van der Waals surface area contributed by atoms with Crippen LogP contribution in [0.4, 0.5) is 0 Å². The second-order valence-electron chi connectivity index (χ2n) is 3.63. The van der Waals surface area contributed by atoms with Gasteiger partial charge < -0.3 is 15.2 Å². The Balaban J connectivity index is 3.85. The standard InChI is InChI=1S/C11H23NO3/c1-4-11(5-2,9-13)12-8-7-10(14)15-6-3/h12-13H,4-9H2,1-3H3. The number of ether oxygens (including phenoxy) is 1. The molecule has 0 heterocycles. The highest BCUT2D eigenvalue weighted by Crippen LogP contribution is 2.13. The van der Waals surface area contributed by atoms with Crippen molar-refractivity contribution in [1.82, 2.24) is 5.32 Å². The lowest BCUT2D eigenvalue weighted by Crippen LogP contribution is -2.48. The van der Waals surface area contributed by atoms with Gasteiger partial charge in [0.05, 0.1) is 19.6 Å². The molecular formula is C11H23NO3. The minimum Gasteiger partial charge on any atom is -0.466 e. The Morgan fingerprint density at radius 1 is 1.33 bits per heavy atom. The van der Waals surface area contributed by atoms with Gasteiger partial charge in [0.15, 0.2) is 0 Å². The molecule has 0 rings (SSSR count). The highest BCUT2D eigenvalue weighted by Gasteiger charge is 2.24. The number of nitrogens with one attached hydrogen (secondary N) is 1. The largest absolute Gasteiger partial charge is 0.466 e. The van der Waals surface area contributed by atoms with E-state index in [0.717, 1.165) is 12.8 Å². The molecule has 0 saturated heterocycles. The summed E-state index contributed by atoms with van der Waals surface area (Å²) in [5.74, 6) is -0.191. The van der Waals surface area contributed by atoms with Crippen molar-refractivity contribution in [2.45, 2.75) is 45.6 Å². The van der Waals surface area contributed by atoms with Crippen LogP contribution in [0.5, 0.6) is 0 Å². The molecule has 0 aromatic carbocycles. The van der Waals surface area contributed by atoms with Crippen LogP contribution >= 0.6 is 0 Å². The average molecular weight is 217 g/mol. The lowest BCUT2D eigenvalue weighted by Gasteiger charge is -2.30. The molecule has 15 heavy (non-hydrogen) atoms. The maximum absolute atomic E-state index is 11.1. The van der Waals surface area contributed by atoms with Gasteiger partial charge in [0.1, 0.15) is 0 Å². The molecule has 0 aromatic heterocycles. The topological polar surface area (TPSA) is 58.6 Å². The molecule has 4 nitrogen and oxygen atoms in total. The van der Waals surface area contributed by atoms with Crippen molar-refractivity contribution in [3.8, 4) is 0 Å². The Bertz CT molecular complexity index is 170. The number of hydrogen-bond acceptors (Lipinski definition) is 4. The van der Waals surface area contributed by atoms with Crippen molar-refractivity contribution >= 4 is 5.97 Å². The number of aliphatic hydroxyl groups excluding tert-OH is 1. The van der Waals surface area contributed by atoms with Crippen LogP contribution in [0.25, 0.3) is 0 Å². The summed E-state index contributed by atoms with van der Waals surface area (Å²) in [6.45, 7) is 6.92. The Labute approximate surface area is 92.0 Å². The van der Waals surface area contributed by atoms with Gasteiger partial charge in [-0.15, -0.1) is 0 Å². The Kier molecular flexibility index (Phi) is 7.34.